The molecule has 0 spiro atoms. The molecule has 0 aliphatic carbocycles. The van der Waals surface area contributed by atoms with Crippen LogP contribution in [0.4, 0.5) is 0 Å². The van der Waals surface area contributed by atoms with Crippen molar-refractivity contribution in [3.05, 3.63) is 0 Å². The van der Waals surface area contributed by atoms with Gasteiger partial charge in [-0.05, 0) is 20.9 Å². The van der Waals surface area contributed by atoms with Crippen molar-refractivity contribution >= 4 is 11.6 Å². The molecule has 0 saturated heterocycles. The fraction of sp³-hybridized carbons (Fsp3) is 1.00. The van der Waals surface area contributed by atoms with E-state index in [1.807, 2.05) is 0 Å². The number of hydrogen-bond acceptors (Lipinski definition) is 4. The average molecular weight is 268 g/mol. The van der Waals surface area contributed by atoms with Crippen LogP contribution in [0.1, 0.15) is 13.8 Å². The van der Waals surface area contributed by atoms with Gasteiger partial charge in [-0.15, -0.1) is 11.6 Å². The lowest BCUT2D eigenvalue weighted by Crippen LogP contribution is -2.44. The highest BCUT2D eigenvalue weighted by atomic mass is 35.5. The van der Waals surface area contributed by atoms with Crippen LogP contribution in [0, 0.1) is 0 Å². The monoisotopic (exact) mass is 267 g/mol. The zero-order valence-electron chi connectivity index (χ0n) is 11.5. The third-order valence-corrected chi connectivity index (χ3v) is 3.39. The molecule has 0 aromatic carbocycles. The van der Waals surface area contributed by atoms with Gasteiger partial charge in [0, 0.05) is 25.1 Å². The van der Waals surface area contributed by atoms with Crippen molar-refractivity contribution < 1.29 is 14.2 Å². The minimum Gasteiger partial charge on any atom is -0.382 e. The molecule has 0 aliphatic heterocycles. The molecular formula is C12H26ClNO3. The van der Waals surface area contributed by atoms with Gasteiger partial charge in [-0.3, -0.25) is 4.90 Å². The van der Waals surface area contributed by atoms with Crippen LogP contribution >= 0.6 is 11.6 Å². The topological polar surface area (TPSA) is 30.9 Å². The van der Waals surface area contributed by atoms with E-state index in [2.05, 4.69) is 25.8 Å². The zero-order chi connectivity index (χ0) is 13.1. The quantitative estimate of drug-likeness (QED) is 0.420. The smallest absolute Gasteiger partial charge is 0.0701 e. The van der Waals surface area contributed by atoms with Gasteiger partial charge in [0.15, 0.2) is 0 Å². The van der Waals surface area contributed by atoms with E-state index in [1.54, 1.807) is 7.11 Å². The van der Waals surface area contributed by atoms with Gasteiger partial charge in [-0.2, -0.15) is 0 Å². The van der Waals surface area contributed by atoms with E-state index in [9.17, 15) is 0 Å². The van der Waals surface area contributed by atoms with E-state index >= 15 is 0 Å². The number of alkyl halides is 1. The number of halogens is 1. The van der Waals surface area contributed by atoms with E-state index in [4.69, 9.17) is 25.8 Å². The summed E-state index contributed by atoms with van der Waals surface area (Å²) in [6.45, 7) is 8.31. The van der Waals surface area contributed by atoms with Gasteiger partial charge in [0.1, 0.15) is 0 Å². The van der Waals surface area contributed by atoms with Crippen molar-refractivity contribution in [2.75, 3.05) is 59.6 Å². The molecule has 0 amide bonds. The minimum atomic E-state index is 0.0138. The normalized spacial score (nSPS) is 12.4. The second kappa shape index (κ2) is 10.1. The molecule has 0 radical (unpaired) electrons. The Hall–Kier alpha value is 0.130. The minimum absolute atomic E-state index is 0.0138. The third-order valence-electron chi connectivity index (χ3n) is 2.74. The van der Waals surface area contributed by atoms with Crippen molar-refractivity contribution in [2.24, 2.45) is 0 Å². The summed E-state index contributed by atoms with van der Waals surface area (Å²) in [5, 5.41) is 0. The van der Waals surface area contributed by atoms with E-state index in [1.165, 1.54) is 0 Å². The second-order valence-electron chi connectivity index (χ2n) is 4.59. The summed E-state index contributed by atoms with van der Waals surface area (Å²) in [7, 11) is 3.72. The lowest BCUT2D eigenvalue weighted by molar-refractivity contribution is 0.0157. The Balaban J connectivity index is 3.34. The Bertz CT molecular complexity index is 179. The van der Waals surface area contributed by atoms with Crippen LogP contribution < -0.4 is 0 Å². The summed E-state index contributed by atoms with van der Waals surface area (Å²) in [6.07, 6.45) is 0. The molecule has 0 fully saturated rings. The Morgan fingerprint density at radius 1 is 1.00 bits per heavy atom. The van der Waals surface area contributed by atoms with E-state index in [-0.39, 0.29) is 5.54 Å². The predicted molar refractivity (Wildman–Crippen MR) is 70.9 cm³/mol. The fourth-order valence-electron chi connectivity index (χ4n) is 1.07. The molecule has 0 unspecified atom stereocenters. The maximum atomic E-state index is 5.88. The first-order valence-corrected chi connectivity index (χ1v) is 6.49. The summed E-state index contributed by atoms with van der Waals surface area (Å²) in [5.74, 6) is 0.615. The average Bonchev–Trinajstić information content (AvgIpc) is 2.32. The van der Waals surface area contributed by atoms with Gasteiger partial charge in [0.2, 0.25) is 0 Å². The van der Waals surface area contributed by atoms with Crippen LogP contribution in [0.3, 0.4) is 0 Å². The maximum absolute atomic E-state index is 5.88. The number of ether oxygens (including phenoxy) is 3. The summed E-state index contributed by atoms with van der Waals surface area (Å²) < 4.78 is 15.6. The van der Waals surface area contributed by atoms with E-state index in [0.717, 1.165) is 6.54 Å². The van der Waals surface area contributed by atoms with Gasteiger partial charge >= 0.3 is 0 Å². The Morgan fingerprint density at radius 3 is 2.06 bits per heavy atom. The largest absolute Gasteiger partial charge is 0.382 e. The van der Waals surface area contributed by atoms with Gasteiger partial charge in [-0.1, -0.05) is 0 Å². The predicted octanol–water partition coefficient (Wildman–Crippen LogP) is 1.62. The van der Waals surface area contributed by atoms with Crippen LogP contribution in [0.2, 0.25) is 0 Å². The molecule has 104 valence electrons. The highest BCUT2D eigenvalue weighted by molar-refractivity contribution is 6.18. The molecular weight excluding hydrogens is 242 g/mol. The molecule has 0 rings (SSSR count). The molecule has 0 aromatic rings. The number of rotatable bonds is 11. The molecule has 0 heterocycles. The van der Waals surface area contributed by atoms with Crippen LogP contribution in [-0.2, 0) is 14.2 Å². The first-order valence-electron chi connectivity index (χ1n) is 5.96. The molecule has 0 N–H and O–H groups in total. The van der Waals surface area contributed by atoms with Crippen molar-refractivity contribution in [1.82, 2.24) is 4.90 Å². The van der Waals surface area contributed by atoms with E-state index < -0.39 is 0 Å². The van der Waals surface area contributed by atoms with E-state index in [0.29, 0.717) is 38.9 Å². The van der Waals surface area contributed by atoms with Crippen molar-refractivity contribution in [3.63, 3.8) is 0 Å². The van der Waals surface area contributed by atoms with Gasteiger partial charge in [0.05, 0.1) is 33.0 Å². The Morgan fingerprint density at radius 2 is 1.53 bits per heavy atom. The van der Waals surface area contributed by atoms with Crippen molar-refractivity contribution in [3.8, 4) is 0 Å². The number of nitrogens with zero attached hydrogens (tertiary/aromatic N) is 1. The fourth-order valence-corrected chi connectivity index (χ4v) is 1.27. The maximum Gasteiger partial charge on any atom is 0.0701 e. The summed E-state index contributed by atoms with van der Waals surface area (Å²) in [4.78, 5) is 2.20. The van der Waals surface area contributed by atoms with Gasteiger partial charge in [-0.25, -0.2) is 0 Å². The number of methoxy groups -OCH3 is 1. The van der Waals surface area contributed by atoms with Crippen LogP contribution in [0.25, 0.3) is 0 Å². The van der Waals surface area contributed by atoms with Crippen LogP contribution in [0.5, 0.6) is 0 Å². The molecule has 17 heavy (non-hydrogen) atoms. The molecule has 5 heteroatoms. The lowest BCUT2D eigenvalue weighted by Gasteiger charge is -2.33. The molecule has 0 aromatic heterocycles. The zero-order valence-corrected chi connectivity index (χ0v) is 12.3. The molecule has 0 aliphatic rings. The van der Waals surface area contributed by atoms with Gasteiger partial charge in [0.25, 0.3) is 0 Å². The third kappa shape index (κ3) is 8.80. The van der Waals surface area contributed by atoms with Crippen LogP contribution in [-0.4, -0.2) is 70.1 Å². The van der Waals surface area contributed by atoms with Gasteiger partial charge < -0.3 is 14.2 Å². The highest BCUT2D eigenvalue weighted by Gasteiger charge is 2.21. The Labute approximate surface area is 110 Å². The molecule has 0 saturated carbocycles. The first-order chi connectivity index (χ1) is 8.04. The first kappa shape index (κ1) is 17.1. The molecule has 0 bridgehead atoms. The van der Waals surface area contributed by atoms with Crippen molar-refractivity contribution in [2.45, 2.75) is 19.4 Å². The molecule has 4 nitrogen and oxygen atoms in total. The van der Waals surface area contributed by atoms with Crippen LogP contribution in [0.15, 0.2) is 0 Å². The van der Waals surface area contributed by atoms with Crippen molar-refractivity contribution in [1.29, 1.82) is 0 Å². The summed E-state index contributed by atoms with van der Waals surface area (Å²) in [5.41, 5.74) is 0.0138. The number of hydrogen-bond donors (Lipinski definition) is 0. The second-order valence-corrected chi connectivity index (χ2v) is 4.85. The standard InChI is InChI=1S/C12H26ClNO3/c1-12(2,11-13)14(3)5-6-16-9-10-17-8-7-15-4/h5-11H2,1-4H3. The lowest BCUT2D eigenvalue weighted by atomic mass is 10.1. The Kier molecular flexibility index (Phi) is 10.2. The summed E-state index contributed by atoms with van der Waals surface area (Å²) >= 11 is 5.88. The molecule has 0 atom stereocenters. The highest BCUT2D eigenvalue weighted by Crippen LogP contribution is 2.13. The number of likely N-dealkylation sites (N-methyl/N-ethyl adjacent to an activating group) is 1. The SMILES string of the molecule is COCCOCCOCCN(C)C(C)(C)CCl. The summed E-state index contributed by atoms with van der Waals surface area (Å²) in [6, 6.07) is 0.